The average Bonchev–Trinajstić information content (AvgIpc) is 2.82. The van der Waals surface area contributed by atoms with Crippen LogP contribution in [0.1, 0.15) is 52.5 Å². The number of benzene rings is 1. The molecule has 1 aromatic rings. The Balaban J connectivity index is 2.85. The fourth-order valence-electron chi connectivity index (χ4n) is 4.13. The van der Waals surface area contributed by atoms with Crippen LogP contribution in [0.3, 0.4) is 0 Å². The lowest BCUT2D eigenvalue weighted by Crippen LogP contribution is -2.42. The normalized spacial score (nSPS) is 14.8. The van der Waals surface area contributed by atoms with Gasteiger partial charge in [0.2, 0.25) is 5.91 Å². The number of rotatable bonds is 17. The maximum atomic E-state index is 12.5. The molecule has 1 rings (SSSR count). The first-order chi connectivity index (χ1) is 16.6. The minimum absolute atomic E-state index is 0.0668. The van der Waals surface area contributed by atoms with Crippen molar-refractivity contribution in [1.29, 1.82) is 0 Å². The highest BCUT2D eigenvalue weighted by Gasteiger charge is 2.29. The third-order valence-electron chi connectivity index (χ3n) is 6.49. The summed E-state index contributed by atoms with van der Waals surface area (Å²) in [5.74, 6) is 4.02. The molecule has 0 saturated carbocycles. The van der Waals surface area contributed by atoms with Crippen LogP contribution in [-0.2, 0) is 16.0 Å². The van der Waals surface area contributed by atoms with Gasteiger partial charge >= 0.3 is 0 Å². The Morgan fingerprint density at radius 3 is 2.40 bits per heavy atom. The van der Waals surface area contributed by atoms with Gasteiger partial charge < -0.3 is 30.4 Å². The lowest BCUT2D eigenvalue weighted by atomic mass is 9.81. The monoisotopic (exact) mass is 490 g/mol. The summed E-state index contributed by atoms with van der Waals surface area (Å²) in [6, 6.07) is 5.55. The van der Waals surface area contributed by atoms with Crippen LogP contribution in [0.2, 0.25) is 0 Å². The fraction of sp³-hybridized carbons (Fsp3) is 0.679. The minimum atomic E-state index is -0.782. The van der Waals surface area contributed by atoms with Gasteiger partial charge in [0.15, 0.2) is 11.5 Å². The summed E-state index contributed by atoms with van der Waals surface area (Å²) in [5.41, 5.74) is 7.58. The van der Waals surface area contributed by atoms with Gasteiger partial charge in [0, 0.05) is 32.1 Å². The molecule has 0 aliphatic carbocycles. The quantitative estimate of drug-likeness (QED) is 0.228. The Labute approximate surface area is 212 Å². The first-order valence-electron chi connectivity index (χ1n) is 12.6. The van der Waals surface area contributed by atoms with Gasteiger partial charge in [-0.05, 0) is 54.7 Å². The van der Waals surface area contributed by atoms with Crippen molar-refractivity contribution in [2.45, 2.75) is 65.5 Å². The molecule has 0 bridgehead atoms. The van der Waals surface area contributed by atoms with E-state index in [4.69, 9.17) is 26.4 Å². The zero-order valence-corrected chi connectivity index (χ0v) is 22.4. The summed E-state index contributed by atoms with van der Waals surface area (Å²) in [4.78, 5) is 12.5. The van der Waals surface area contributed by atoms with Crippen molar-refractivity contribution in [3.63, 3.8) is 0 Å². The number of hydrogen-bond donors (Lipinski definition) is 3. The van der Waals surface area contributed by atoms with Crippen LogP contribution in [0.25, 0.3) is 0 Å². The molecule has 0 spiro atoms. The number of terminal acetylenes is 1. The summed E-state index contributed by atoms with van der Waals surface area (Å²) in [7, 11) is 3.30. The Morgan fingerprint density at radius 2 is 1.83 bits per heavy atom. The van der Waals surface area contributed by atoms with Crippen LogP contribution >= 0.6 is 0 Å². The molecule has 0 aromatic heterocycles. The molecule has 0 radical (unpaired) electrons. The molecule has 0 aliphatic rings. The third kappa shape index (κ3) is 10.9. The van der Waals surface area contributed by atoms with E-state index in [0.29, 0.717) is 43.5 Å². The molecule has 1 amide bonds. The number of ether oxygens (including phenoxy) is 3. The predicted octanol–water partition coefficient (Wildman–Crippen LogP) is 3.42. The first-order valence-corrected chi connectivity index (χ1v) is 12.6. The van der Waals surface area contributed by atoms with Gasteiger partial charge in [-0.2, -0.15) is 0 Å². The smallest absolute Gasteiger partial charge is 0.224 e. The van der Waals surface area contributed by atoms with Crippen molar-refractivity contribution < 1.29 is 24.1 Å². The summed E-state index contributed by atoms with van der Waals surface area (Å²) < 4.78 is 16.5. The van der Waals surface area contributed by atoms with E-state index < -0.39 is 12.1 Å². The molecule has 7 nitrogen and oxygen atoms in total. The van der Waals surface area contributed by atoms with E-state index in [1.165, 1.54) is 0 Å². The number of carbonyl (C=O) groups excluding carboxylic acids is 1. The van der Waals surface area contributed by atoms with Crippen molar-refractivity contribution in [3.8, 4) is 23.8 Å². The maximum Gasteiger partial charge on any atom is 0.224 e. The van der Waals surface area contributed by atoms with E-state index in [2.05, 4.69) is 25.1 Å². The van der Waals surface area contributed by atoms with Crippen molar-refractivity contribution >= 4 is 5.91 Å². The number of nitrogens with one attached hydrogen (secondary N) is 1. The number of nitrogens with two attached hydrogens (primary N) is 1. The molecule has 35 heavy (non-hydrogen) atoms. The SMILES string of the molecule is C#CCNC(=O)C(CC(O)C(N)CC(Cc1ccc(OC)c(OCCCOC)c1)C(C)C)C(C)C. The van der Waals surface area contributed by atoms with Crippen LogP contribution in [0.4, 0.5) is 0 Å². The van der Waals surface area contributed by atoms with E-state index in [1.54, 1.807) is 14.2 Å². The third-order valence-corrected chi connectivity index (χ3v) is 6.49. The van der Waals surface area contributed by atoms with E-state index >= 15 is 0 Å². The van der Waals surface area contributed by atoms with Crippen LogP contribution < -0.4 is 20.5 Å². The van der Waals surface area contributed by atoms with Gasteiger partial charge in [0.1, 0.15) is 0 Å². The summed E-state index contributed by atoms with van der Waals surface area (Å²) in [5, 5.41) is 13.6. The highest BCUT2D eigenvalue weighted by atomic mass is 16.5. The summed E-state index contributed by atoms with van der Waals surface area (Å²) >= 11 is 0. The molecule has 4 atom stereocenters. The van der Waals surface area contributed by atoms with Crippen molar-refractivity contribution in [3.05, 3.63) is 23.8 Å². The van der Waals surface area contributed by atoms with Gasteiger partial charge in [-0.3, -0.25) is 4.79 Å². The second-order valence-corrected chi connectivity index (χ2v) is 9.86. The Hall–Kier alpha value is -2.27. The number of aliphatic hydroxyl groups is 1. The fourth-order valence-corrected chi connectivity index (χ4v) is 4.13. The highest BCUT2D eigenvalue weighted by molar-refractivity contribution is 5.79. The number of amides is 1. The second kappa shape index (κ2) is 16.4. The molecule has 0 saturated heterocycles. The van der Waals surface area contributed by atoms with Crippen molar-refractivity contribution in [2.24, 2.45) is 29.4 Å². The predicted molar refractivity (Wildman–Crippen MR) is 140 cm³/mol. The Kier molecular flexibility index (Phi) is 14.4. The maximum absolute atomic E-state index is 12.5. The zero-order chi connectivity index (χ0) is 26.4. The molecule has 4 N–H and O–H groups in total. The summed E-state index contributed by atoms with van der Waals surface area (Å²) in [6.07, 6.45) is 7.02. The van der Waals surface area contributed by atoms with Crippen molar-refractivity contribution in [2.75, 3.05) is 34.0 Å². The molecule has 198 valence electrons. The van der Waals surface area contributed by atoms with E-state index in [0.717, 1.165) is 18.4 Å². The molecule has 4 unspecified atom stereocenters. The van der Waals surface area contributed by atoms with Gasteiger partial charge in [0.25, 0.3) is 0 Å². The van der Waals surface area contributed by atoms with E-state index in [9.17, 15) is 9.90 Å². The molecule has 0 fully saturated rings. The molecule has 1 aromatic carbocycles. The molecule has 0 aliphatic heterocycles. The van der Waals surface area contributed by atoms with Crippen LogP contribution in [0.5, 0.6) is 11.5 Å². The average molecular weight is 491 g/mol. The lowest BCUT2D eigenvalue weighted by molar-refractivity contribution is -0.127. The minimum Gasteiger partial charge on any atom is -0.493 e. The number of aliphatic hydroxyl groups excluding tert-OH is 1. The van der Waals surface area contributed by atoms with E-state index in [-0.39, 0.29) is 30.2 Å². The van der Waals surface area contributed by atoms with Gasteiger partial charge in [-0.15, -0.1) is 6.42 Å². The standard InChI is InChI=1S/C28H46N2O5/c1-8-12-30-28(32)23(20(4)5)18-25(31)24(29)17-22(19(2)3)15-21-10-11-26(34-7)27(16-21)35-14-9-13-33-6/h1,10-11,16,19-20,22-25,31H,9,12-15,17-18,29H2,2-7H3,(H,30,32). The first kappa shape index (κ1) is 30.8. The van der Waals surface area contributed by atoms with Gasteiger partial charge in [0.05, 0.1) is 26.4 Å². The topological polar surface area (TPSA) is 103 Å². The number of methoxy groups -OCH3 is 2. The Morgan fingerprint density at radius 1 is 1.11 bits per heavy atom. The molecule has 0 heterocycles. The van der Waals surface area contributed by atoms with Crippen molar-refractivity contribution in [1.82, 2.24) is 5.32 Å². The number of carbonyl (C=O) groups is 1. The molecular weight excluding hydrogens is 444 g/mol. The molecule has 7 heteroatoms. The highest BCUT2D eigenvalue weighted by Crippen LogP contribution is 2.31. The second-order valence-electron chi connectivity index (χ2n) is 9.86. The molecular formula is C28H46N2O5. The largest absolute Gasteiger partial charge is 0.493 e. The lowest BCUT2D eigenvalue weighted by Gasteiger charge is -2.30. The van der Waals surface area contributed by atoms with Crippen LogP contribution in [-0.4, -0.2) is 57.1 Å². The van der Waals surface area contributed by atoms with Gasteiger partial charge in [-0.1, -0.05) is 39.7 Å². The zero-order valence-electron chi connectivity index (χ0n) is 22.4. The van der Waals surface area contributed by atoms with Gasteiger partial charge in [-0.25, -0.2) is 0 Å². The Bertz CT molecular complexity index is 790. The van der Waals surface area contributed by atoms with Crippen LogP contribution in [0.15, 0.2) is 18.2 Å². The number of hydrogen-bond acceptors (Lipinski definition) is 6. The van der Waals surface area contributed by atoms with Crippen LogP contribution in [0, 0.1) is 36.0 Å². The van der Waals surface area contributed by atoms with E-state index in [1.807, 2.05) is 32.0 Å². The summed E-state index contributed by atoms with van der Waals surface area (Å²) in [6.45, 7) is 9.63.